The van der Waals surface area contributed by atoms with Crippen LogP contribution in [0.2, 0.25) is 0 Å². The third-order valence-electron chi connectivity index (χ3n) is 3.56. The lowest BCUT2D eigenvalue weighted by molar-refractivity contribution is -0.117. The Labute approximate surface area is 153 Å². The topological polar surface area (TPSA) is 102 Å². The second kappa shape index (κ2) is 9.33. The van der Waals surface area contributed by atoms with Gasteiger partial charge in [-0.15, -0.1) is 0 Å². The van der Waals surface area contributed by atoms with Crippen molar-refractivity contribution >= 4 is 21.6 Å². The Balaban J connectivity index is 1.73. The van der Waals surface area contributed by atoms with Crippen molar-refractivity contribution in [3.05, 3.63) is 54.6 Å². The first-order chi connectivity index (χ1) is 12.3. The number of rotatable bonds is 9. The SMILES string of the molecule is CN(CCCOc1ccccc1)CC(=O)Nc1cccc(S(N)(=O)=O)c1. The Bertz CT molecular complexity index is 825. The van der Waals surface area contributed by atoms with Crippen molar-refractivity contribution < 1.29 is 17.9 Å². The van der Waals surface area contributed by atoms with E-state index in [9.17, 15) is 13.2 Å². The molecule has 1 amide bonds. The zero-order chi connectivity index (χ0) is 19.0. The molecule has 2 rings (SSSR count). The van der Waals surface area contributed by atoms with Gasteiger partial charge in [0.1, 0.15) is 5.75 Å². The summed E-state index contributed by atoms with van der Waals surface area (Å²) < 4.78 is 28.3. The van der Waals surface area contributed by atoms with Crippen LogP contribution in [0.1, 0.15) is 6.42 Å². The second-order valence-corrected chi connectivity index (χ2v) is 7.44. The van der Waals surface area contributed by atoms with Crippen LogP contribution in [0.25, 0.3) is 0 Å². The van der Waals surface area contributed by atoms with Gasteiger partial charge in [0, 0.05) is 12.2 Å². The molecule has 0 saturated heterocycles. The molecule has 0 aromatic heterocycles. The van der Waals surface area contributed by atoms with Gasteiger partial charge in [0.15, 0.2) is 0 Å². The summed E-state index contributed by atoms with van der Waals surface area (Å²) in [5.41, 5.74) is 0.391. The normalized spacial score (nSPS) is 11.3. The van der Waals surface area contributed by atoms with Crippen LogP contribution in [-0.4, -0.2) is 46.0 Å². The van der Waals surface area contributed by atoms with Crippen molar-refractivity contribution in [1.29, 1.82) is 0 Å². The third kappa shape index (κ3) is 6.83. The predicted octanol–water partition coefficient (Wildman–Crippen LogP) is 1.67. The highest BCUT2D eigenvalue weighted by Gasteiger charge is 2.11. The van der Waals surface area contributed by atoms with E-state index in [0.717, 1.165) is 12.2 Å². The molecule has 0 aliphatic rings. The quantitative estimate of drug-likeness (QED) is 0.647. The van der Waals surface area contributed by atoms with Gasteiger partial charge in [0.2, 0.25) is 15.9 Å². The van der Waals surface area contributed by atoms with E-state index in [1.165, 1.54) is 18.2 Å². The van der Waals surface area contributed by atoms with E-state index in [4.69, 9.17) is 9.88 Å². The van der Waals surface area contributed by atoms with Gasteiger partial charge in [-0.05, 0) is 43.8 Å². The number of nitrogens with zero attached hydrogens (tertiary/aromatic N) is 1. The van der Waals surface area contributed by atoms with Crippen molar-refractivity contribution in [2.75, 3.05) is 32.1 Å². The molecule has 0 bridgehead atoms. The number of carbonyl (C=O) groups is 1. The highest BCUT2D eigenvalue weighted by molar-refractivity contribution is 7.89. The number of hydrogen-bond donors (Lipinski definition) is 2. The maximum atomic E-state index is 12.1. The predicted molar refractivity (Wildman–Crippen MR) is 100 cm³/mol. The molecule has 26 heavy (non-hydrogen) atoms. The summed E-state index contributed by atoms with van der Waals surface area (Å²) in [5, 5.41) is 7.76. The van der Waals surface area contributed by atoms with Crippen LogP contribution >= 0.6 is 0 Å². The summed E-state index contributed by atoms with van der Waals surface area (Å²) in [5.74, 6) is 0.589. The maximum absolute atomic E-state index is 12.1. The van der Waals surface area contributed by atoms with Crippen molar-refractivity contribution in [1.82, 2.24) is 4.90 Å². The van der Waals surface area contributed by atoms with Crippen LogP contribution in [0, 0.1) is 0 Å². The maximum Gasteiger partial charge on any atom is 0.238 e. The molecule has 2 aromatic rings. The van der Waals surface area contributed by atoms with Crippen molar-refractivity contribution in [2.24, 2.45) is 5.14 Å². The number of likely N-dealkylation sites (N-methyl/N-ethyl adjacent to an activating group) is 1. The number of benzene rings is 2. The van der Waals surface area contributed by atoms with Crippen molar-refractivity contribution in [3.63, 3.8) is 0 Å². The fourth-order valence-electron chi connectivity index (χ4n) is 2.32. The molecular weight excluding hydrogens is 354 g/mol. The van der Waals surface area contributed by atoms with Crippen LogP contribution < -0.4 is 15.2 Å². The van der Waals surface area contributed by atoms with Crippen LogP contribution in [0.3, 0.4) is 0 Å². The standard InChI is InChI=1S/C18H23N3O4S/c1-21(11-6-12-25-16-8-3-2-4-9-16)14-18(22)20-15-7-5-10-17(13-15)26(19,23)24/h2-5,7-10,13H,6,11-12,14H2,1H3,(H,20,22)(H2,19,23,24). The lowest BCUT2D eigenvalue weighted by Gasteiger charge is -2.16. The van der Waals surface area contributed by atoms with E-state index in [-0.39, 0.29) is 17.3 Å². The van der Waals surface area contributed by atoms with Gasteiger partial charge in [-0.3, -0.25) is 9.69 Å². The van der Waals surface area contributed by atoms with E-state index in [1.807, 2.05) is 42.3 Å². The number of para-hydroxylation sites is 1. The summed E-state index contributed by atoms with van der Waals surface area (Å²) in [6, 6.07) is 15.4. The molecule has 0 unspecified atom stereocenters. The number of carbonyl (C=O) groups excluding carboxylic acids is 1. The zero-order valence-electron chi connectivity index (χ0n) is 14.6. The minimum Gasteiger partial charge on any atom is -0.494 e. The number of sulfonamides is 1. The summed E-state index contributed by atoms with van der Waals surface area (Å²) in [4.78, 5) is 13.9. The van der Waals surface area contributed by atoms with Crippen LogP contribution in [0.4, 0.5) is 5.69 Å². The smallest absolute Gasteiger partial charge is 0.238 e. The minimum atomic E-state index is -3.80. The van der Waals surface area contributed by atoms with Crippen LogP contribution in [-0.2, 0) is 14.8 Å². The number of primary sulfonamides is 1. The first-order valence-electron chi connectivity index (χ1n) is 8.14. The number of amides is 1. The van der Waals surface area contributed by atoms with E-state index >= 15 is 0 Å². The Kier molecular flexibility index (Phi) is 7.14. The van der Waals surface area contributed by atoms with Gasteiger partial charge in [-0.25, -0.2) is 13.6 Å². The van der Waals surface area contributed by atoms with E-state index in [0.29, 0.717) is 18.8 Å². The lowest BCUT2D eigenvalue weighted by atomic mass is 10.3. The molecule has 0 spiro atoms. The van der Waals surface area contributed by atoms with Crippen molar-refractivity contribution in [2.45, 2.75) is 11.3 Å². The largest absolute Gasteiger partial charge is 0.494 e. The van der Waals surface area contributed by atoms with Crippen molar-refractivity contribution in [3.8, 4) is 5.75 Å². The number of ether oxygens (including phenoxy) is 1. The van der Waals surface area contributed by atoms with Gasteiger partial charge < -0.3 is 10.1 Å². The zero-order valence-corrected chi connectivity index (χ0v) is 15.4. The average molecular weight is 377 g/mol. The molecule has 0 aliphatic heterocycles. The first-order valence-corrected chi connectivity index (χ1v) is 9.68. The molecule has 140 valence electrons. The molecule has 8 heteroatoms. The molecule has 0 atom stereocenters. The number of hydrogen-bond acceptors (Lipinski definition) is 5. The third-order valence-corrected chi connectivity index (χ3v) is 4.47. The monoisotopic (exact) mass is 377 g/mol. The summed E-state index contributed by atoms with van der Waals surface area (Å²) >= 11 is 0. The van der Waals surface area contributed by atoms with Gasteiger partial charge in [-0.2, -0.15) is 0 Å². The van der Waals surface area contributed by atoms with Gasteiger partial charge in [-0.1, -0.05) is 24.3 Å². The van der Waals surface area contributed by atoms with E-state index in [2.05, 4.69) is 5.32 Å². The van der Waals surface area contributed by atoms with Gasteiger partial charge >= 0.3 is 0 Å². The summed E-state index contributed by atoms with van der Waals surface area (Å²) in [6.07, 6.45) is 0.777. The van der Waals surface area contributed by atoms with E-state index < -0.39 is 10.0 Å². The van der Waals surface area contributed by atoms with Gasteiger partial charge in [0.05, 0.1) is 18.0 Å². The van der Waals surface area contributed by atoms with Crippen LogP contribution in [0.5, 0.6) is 5.75 Å². The van der Waals surface area contributed by atoms with Gasteiger partial charge in [0.25, 0.3) is 0 Å². The fourth-order valence-corrected chi connectivity index (χ4v) is 2.88. The Morgan fingerprint density at radius 2 is 1.88 bits per heavy atom. The molecule has 0 aliphatic carbocycles. The number of nitrogens with two attached hydrogens (primary N) is 1. The molecule has 2 aromatic carbocycles. The highest BCUT2D eigenvalue weighted by Crippen LogP contribution is 2.14. The second-order valence-electron chi connectivity index (χ2n) is 5.87. The molecule has 3 N–H and O–H groups in total. The Morgan fingerprint density at radius 3 is 2.58 bits per heavy atom. The number of nitrogens with one attached hydrogen (secondary N) is 1. The first kappa shape index (κ1) is 19.9. The molecule has 0 radical (unpaired) electrons. The Morgan fingerprint density at radius 1 is 1.15 bits per heavy atom. The molecule has 0 fully saturated rings. The number of anilines is 1. The highest BCUT2D eigenvalue weighted by atomic mass is 32.2. The fraction of sp³-hybridized carbons (Fsp3) is 0.278. The average Bonchev–Trinajstić information content (AvgIpc) is 2.59. The molecule has 7 nitrogen and oxygen atoms in total. The molecule has 0 heterocycles. The summed E-state index contributed by atoms with van der Waals surface area (Å²) in [6.45, 7) is 1.44. The van der Waals surface area contributed by atoms with E-state index in [1.54, 1.807) is 6.07 Å². The molecule has 0 saturated carbocycles. The summed E-state index contributed by atoms with van der Waals surface area (Å²) in [7, 11) is -1.96. The van der Waals surface area contributed by atoms with Crippen LogP contribution in [0.15, 0.2) is 59.5 Å². The Hall–Kier alpha value is -2.42. The lowest BCUT2D eigenvalue weighted by Crippen LogP contribution is -2.31. The minimum absolute atomic E-state index is 0.0401. The molecular formula is C18H23N3O4S.